The van der Waals surface area contributed by atoms with Crippen molar-refractivity contribution in [2.45, 2.75) is 52.5 Å². The van der Waals surface area contributed by atoms with Gasteiger partial charge in [0.05, 0.1) is 16.8 Å². The molecular formula is C17H25BrClNO. The molecule has 118 valence electrons. The molecule has 21 heavy (non-hydrogen) atoms. The van der Waals surface area contributed by atoms with E-state index in [0.717, 1.165) is 32.8 Å². The fourth-order valence-corrected chi connectivity index (χ4v) is 4.07. The Hall–Kier alpha value is -0.410. The Morgan fingerprint density at radius 2 is 2.14 bits per heavy atom. The van der Waals surface area contributed by atoms with E-state index >= 15 is 0 Å². The molecule has 0 heterocycles. The topological polar surface area (TPSA) is 21.3 Å². The lowest BCUT2D eigenvalue weighted by Gasteiger charge is -2.33. The first-order valence-electron chi connectivity index (χ1n) is 7.89. The molecule has 1 N–H and O–H groups in total. The molecule has 0 radical (unpaired) electrons. The third-order valence-electron chi connectivity index (χ3n) is 4.31. The quantitative estimate of drug-likeness (QED) is 0.669. The second-order valence-electron chi connectivity index (χ2n) is 6.21. The highest BCUT2D eigenvalue weighted by Gasteiger charge is 2.25. The van der Waals surface area contributed by atoms with E-state index in [4.69, 9.17) is 16.3 Å². The molecule has 0 saturated heterocycles. The molecule has 4 heteroatoms. The van der Waals surface area contributed by atoms with Crippen molar-refractivity contribution >= 4 is 33.2 Å². The van der Waals surface area contributed by atoms with Gasteiger partial charge in [-0.3, -0.25) is 0 Å². The molecule has 0 aliphatic heterocycles. The van der Waals surface area contributed by atoms with Crippen molar-refractivity contribution in [3.63, 3.8) is 0 Å². The Balaban J connectivity index is 2.14. The standard InChI is InChI=1S/C17H25BrClNO/c1-4-21-17-15(18)9-13(19)10-16(17)20-14-7-5-6-12(8-14)11(2)3/h9-12,14,20H,4-8H2,1-3H3. The summed E-state index contributed by atoms with van der Waals surface area (Å²) in [7, 11) is 0. The van der Waals surface area contributed by atoms with Crippen LogP contribution in [0, 0.1) is 11.8 Å². The first-order chi connectivity index (χ1) is 10.0. The van der Waals surface area contributed by atoms with Gasteiger partial charge in [0, 0.05) is 11.1 Å². The van der Waals surface area contributed by atoms with Crippen LogP contribution in [-0.4, -0.2) is 12.6 Å². The minimum Gasteiger partial charge on any atom is -0.491 e. The average Bonchev–Trinajstić information content (AvgIpc) is 2.43. The van der Waals surface area contributed by atoms with E-state index in [-0.39, 0.29) is 0 Å². The maximum Gasteiger partial charge on any atom is 0.156 e. The molecule has 2 rings (SSSR count). The highest BCUT2D eigenvalue weighted by Crippen LogP contribution is 2.39. The van der Waals surface area contributed by atoms with Crippen molar-refractivity contribution in [1.29, 1.82) is 0 Å². The summed E-state index contributed by atoms with van der Waals surface area (Å²) >= 11 is 9.74. The van der Waals surface area contributed by atoms with Gasteiger partial charge in [-0.05, 0) is 59.7 Å². The lowest BCUT2D eigenvalue weighted by Crippen LogP contribution is -2.29. The Kier molecular flexibility index (Phi) is 6.24. The second-order valence-corrected chi connectivity index (χ2v) is 7.50. The average molecular weight is 375 g/mol. The molecule has 1 saturated carbocycles. The summed E-state index contributed by atoms with van der Waals surface area (Å²) in [4.78, 5) is 0. The van der Waals surface area contributed by atoms with Crippen LogP contribution in [0.2, 0.25) is 5.02 Å². The van der Waals surface area contributed by atoms with Gasteiger partial charge in [0.25, 0.3) is 0 Å². The minimum atomic E-state index is 0.510. The maximum atomic E-state index is 6.19. The largest absolute Gasteiger partial charge is 0.491 e. The van der Waals surface area contributed by atoms with Crippen LogP contribution >= 0.6 is 27.5 Å². The lowest BCUT2D eigenvalue weighted by molar-refractivity contribution is 0.263. The van der Waals surface area contributed by atoms with Crippen LogP contribution in [0.1, 0.15) is 46.5 Å². The molecule has 0 spiro atoms. The number of anilines is 1. The number of nitrogens with one attached hydrogen (secondary N) is 1. The molecule has 1 fully saturated rings. The van der Waals surface area contributed by atoms with Crippen molar-refractivity contribution in [2.75, 3.05) is 11.9 Å². The summed E-state index contributed by atoms with van der Waals surface area (Å²) in [5, 5.41) is 4.39. The zero-order valence-corrected chi connectivity index (χ0v) is 15.4. The van der Waals surface area contributed by atoms with Crippen LogP contribution in [-0.2, 0) is 0 Å². The summed E-state index contributed by atoms with van der Waals surface area (Å²) < 4.78 is 6.68. The van der Waals surface area contributed by atoms with Crippen molar-refractivity contribution in [3.05, 3.63) is 21.6 Å². The van der Waals surface area contributed by atoms with Crippen LogP contribution < -0.4 is 10.1 Å². The Labute approximate surface area is 141 Å². The number of rotatable bonds is 5. The van der Waals surface area contributed by atoms with Crippen LogP contribution in [0.25, 0.3) is 0 Å². The van der Waals surface area contributed by atoms with E-state index in [1.165, 1.54) is 25.7 Å². The number of hydrogen-bond donors (Lipinski definition) is 1. The molecule has 2 nitrogen and oxygen atoms in total. The lowest BCUT2D eigenvalue weighted by atomic mass is 9.79. The zero-order valence-electron chi connectivity index (χ0n) is 13.1. The fourth-order valence-electron chi connectivity index (χ4n) is 3.14. The SMILES string of the molecule is CCOc1c(Br)cc(Cl)cc1NC1CCCC(C(C)C)C1. The highest BCUT2D eigenvalue weighted by molar-refractivity contribution is 9.10. The van der Waals surface area contributed by atoms with Gasteiger partial charge in [-0.2, -0.15) is 0 Å². The van der Waals surface area contributed by atoms with Gasteiger partial charge in [0.15, 0.2) is 5.75 Å². The van der Waals surface area contributed by atoms with Crippen molar-refractivity contribution < 1.29 is 4.74 Å². The van der Waals surface area contributed by atoms with E-state index in [9.17, 15) is 0 Å². The van der Waals surface area contributed by atoms with Crippen LogP contribution in [0.5, 0.6) is 5.75 Å². The predicted molar refractivity (Wildman–Crippen MR) is 94.5 cm³/mol. The fraction of sp³-hybridized carbons (Fsp3) is 0.647. The second kappa shape index (κ2) is 7.73. The molecule has 2 atom stereocenters. The maximum absolute atomic E-state index is 6.19. The summed E-state index contributed by atoms with van der Waals surface area (Å²) in [6.07, 6.45) is 5.10. The Bertz CT molecular complexity index is 478. The number of ether oxygens (including phenoxy) is 1. The summed E-state index contributed by atoms with van der Waals surface area (Å²) in [5.41, 5.74) is 1.01. The Morgan fingerprint density at radius 3 is 2.81 bits per heavy atom. The third kappa shape index (κ3) is 4.53. The molecule has 1 aromatic rings. The Morgan fingerprint density at radius 1 is 1.38 bits per heavy atom. The van der Waals surface area contributed by atoms with Crippen LogP contribution in [0.4, 0.5) is 5.69 Å². The van der Waals surface area contributed by atoms with Crippen LogP contribution in [0.3, 0.4) is 0 Å². The van der Waals surface area contributed by atoms with Crippen molar-refractivity contribution in [1.82, 2.24) is 0 Å². The monoisotopic (exact) mass is 373 g/mol. The van der Waals surface area contributed by atoms with Gasteiger partial charge in [-0.25, -0.2) is 0 Å². The van der Waals surface area contributed by atoms with E-state index < -0.39 is 0 Å². The van der Waals surface area contributed by atoms with Gasteiger partial charge in [-0.15, -0.1) is 0 Å². The minimum absolute atomic E-state index is 0.510. The highest BCUT2D eigenvalue weighted by atomic mass is 79.9. The molecule has 2 unspecified atom stereocenters. The van der Waals surface area contributed by atoms with E-state index in [1.54, 1.807) is 0 Å². The molecule has 0 bridgehead atoms. The van der Waals surface area contributed by atoms with Gasteiger partial charge in [0.1, 0.15) is 0 Å². The molecule has 1 aliphatic carbocycles. The first-order valence-corrected chi connectivity index (χ1v) is 9.06. The van der Waals surface area contributed by atoms with Crippen molar-refractivity contribution in [2.24, 2.45) is 11.8 Å². The summed E-state index contributed by atoms with van der Waals surface area (Å²) in [5.74, 6) is 2.44. The van der Waals surface area contributed by atoms with Crippen LogP contribution in [0.15, 0.2) is 16.6 Å². The van der Waals surface area contributed by atoms with Gasteiger partial charge >= 0.3 is 0 Å². The van der Waals surface area contributed by atoms with Crippen molar-refractivity contribution in [3.8, 4) is 5.75 Å². The number of benzene rings is 1. The number of halogens is 2. The van der Waals surface area contributed by atoms with E-state index in [2.05, 4.69) is 35.1 Å². The molecular weight excluding hydrogens is 350 g/mol. The molecule has 1 aromatic carbocycles. The normalized spacial score (nSPS) is 22.4. The summed E-state index contributed by atoms with van der Waals surface area (Å²) in [6, 6.07) is 4.36. The molecule has 1 aliphatic rings. The van der Waals surface area contributed by atoms with E-state index in [0.29, 0.717) is 12.6 Å². The number of hydrogen-bond acceptors (Lipinski definition) is 2. The first kappa shape index (κ1) is 17.0. The van der Waals surface area contributed by atoms with Gasteiger partial charge in [0.2, 0.25) is 0 Å². The summed E-state index contributed by atoms with van der Waals surface area (Å²) in [6.45, 7) is 7.30. The van der Waals surface area contributed by atoms with Gasteiger partial charge in [-0.1, -0.05) is 38.3 Å². The van der Waals surface area contributed by atoms with E-state index in [1.807, 2.05) is 19.1 Å². The smallest absolute Gasteiger partial charge is 0.156 e. The van der Waals surface area contributed by atoms with Gasteiger partial charge < -0.3 is 10.1 Å². The molecule has 0 aromatic heterocycles. The molecule has 0 amide bonds. The third-order valence-corrected chi connectivity index (χ3v) is 5.12. The zero-order chi connectivity index (χ0) is 15.4. The predicted octanol–water partition coefficient (Wildman–Crippen LogP) is 6.13.